The van der Waals surface area contributed by atoms with Crippen LogP contribution in [0, 0.1) is 18.3 Å². The number of halogens is 2. The lowest BCUT2D eigenvalue weighted by atomic mass is 9.97. The van der Waals surface area contributed by atoms with Gasteiger partial charge in [0, 0.05) is 12.1 Å². The van der Waals surface area contributed by atoms with Gasteiger partial charge in [-0.25, -0.2) is 0 Å². The van der Waals surface area contributed by atoms with Gasteiger partial charge in [-0.3, -0.25) is 14.2 Å². The van der Waals surface area contributed by atoms with Crippen LogP contribution in [0.5, 0.6) is 11.6 Å². The topological polar surface area (TPSA) is 92.3 Å². The lowest BCUT2D eigenvalue weighted by Gasteiger charge is -2.16. The normalized spacial score (nSPS) is 10.8. The van der Waals surface area contributed by atoms with Crippen LogP contribution in [0.15, 0.2) is 16.9 Å². The molecule has 0 saturated heterocycles. The van der Waals surface area contributed by atoms with Gasteiger partial charge in [0.2, 0.25) is 5.88 Å². The largest absolute Gasteiger partial charge is 0.494 e. The lowest BCUT2D eigenvalue weighted by molar-refractivity contribution is 0.103. The maximum Gasteiger partial charge on any atom is 0.271 e. The molecule has 172 valence electrons. The first-order valence-electron chi connectivity index (χ1n) is 10.8. The lowest BCUT2D eigenvalue weighted by Crippen LogP contribution is -2.27. The molecule has 8 heteroatoms. The number of hydrogen-bond acceptors (Lipinski definition) is 5. The van der Waals surface area contributed by atoms with Gasteiger partial charge in [-0.1, -0.05) is 62.7 Å². The molecule has 0 spiro atoms. The fourth-order valence-electron chi connectivity index (χ4n) is 3.42. The van der Waals surface area contributed by atoms with Crippen molar-refractivity contribution in [1.29, 1.82) is 5.26 Å². The van der Waals surface area contributed by atoms with Crippen molar-refractivity contribution in [3.05, 3.63) is 54.8 Å². The first kappa shape index (κ1) is 25.8. The van der Waals surface area contributed by atoms with Crippen LogP contribution < -0.4 is 10.3 Å². The second-order valence-electron chi connectivity index (χ2n) is 7.63. The second kappa shape index (κ2) is 11.9. The van der Waals surface area contributed by atoms with E-state index in [-0.39, 0.29) is 38.8 Å². The van der Waals surface area contributed by atoms with Crippen LogP contribution in [0.3, 0.4) is 0 Å². The fourth-order valence-corrected chi connectivity index (χ4v) is 4.02. The molecule has 0 fully saturated rings. The molecule has 0 saturated carbocycles. The Balaban J connectivity index is 2.45. The number of unbranched alkanes of at least 4 members (excludes halogenated alkanes) is 4. The summed E-state index contributed by atoms with van der Waals surface area (Å²) >= 11 is 12.7. The Morgan fingerprint density at radius 2 is 1.75 bits per heavy atom. The van der Waals surface area contributed by atoms with Crippen LogP contribution in [0.25, 0.3) is 0 Å². The Bertz CT molecular complexity index is 1060. The number of carbonyl (C=O) groups is 1. The molecule has 0 atom stereocenters. The van der Waals surface area contributed by atoms with Crippen molar-refractivity contribution in [2.24, 2.45) is 0 Å². The van der Waals surface area contributed by atoms with Gasteiger partial charge in [0.25, 0.3) is 5.56 Å². The van der Waals surface area contributed by atoms with Crippen LogP contribution in [-0.2, 0) is 6.54 Å². The Morgan fingerprint density at radius 3 is 2.31 bits per heavy atom. The van der Waals surface area contributed by atoms with Gasteiger partial charge in [-0.15, -0.1) is 0 Å². The highest BCUT2D eigenvalue weighted by atomic mass is 35.5. The van der Waals surface area contributed by atoms with Gasteiger partial charge >= 0.3 is 0 Å². The Kier molecular flexibility index (Phi) is 9.61. The predicted molar refractivity (Wildman–Crippen MR) is 126 cm³/mol. The third-order valence-electron chi connectivity index (χ3n) is 5.27. The summed E-state index contributed by atoms with van der Waals surface area (Å²) in [4.78, 5) is 25.9. The summed E-state index contributed by atoms with van der Waals surface area (Å²) in [5.74, 6) is -0.749. The smallest absolute Gasteiger partial charge is 0.271 e. The van der Waals surface area contributed by atoms with Gasteiger partial charge in [0.15, 0.2) is 11.5 Å². The number of nitriles is 1. The Labute approximate surface area is 198 Å². The zero-order valence-electron chi connectivity index (χ0n) is 18.6. The summed E-state index contributed by atoms with van der Waals surface area (Å²) in [6.07, 6.45) is 5.52. The average molecular weight is 479 g/mol. The molecule has 0 radical (unpaired) electrons. The number of benzene rings is 1. The maximum absolute atomic E-state index is 13.3. The van der Waals surface area contributed by atoms with Gasteiger partial charge in [0.1, 0.15) is 11.6 Å². The minimum absolute atomic E-state index is 0.113. The fraction of sp³-hybridized carbons (Fsp3) is 0.458. The number of ether oxygens (including phenoxy) is 1. The number of hydrogen-bond donors (Lipinski definition) is 1. The maximum atomic E-state index is 13.3. The van der Waals surface area contributed by atoms with Gasteiger partial charge < -0.3 is 9.84 Å². The van der Waals surface area contributed by atoms with E-state index in [1.54, 1.807) is 0 Å². The van der Waals surface area contributed by atoms with E-state index in [4.69, 9.17) is 27.9 Å². The van der Waals surface area contributed by atoms with Crippen molar-refractivity contribution in [3.8, 4) is 17.7 Å². The minimum Gasteiger partial charge on any atom is -0.494 e. The minimum atomic E-state index is -0.615. The van der Waals surface area contributed by atoms with Crippen LogP contribution in [-0.4, -0.2) is 22.1 Å². The van der Waals surface area contributed by atoms with Crippen LogP contribution >= 0.6 is 23.2 Å². The quantitative estimate of drug-likeness (QED) is 0.314. The summed E-state index contributed by atoms with van der Waals surface area (Å²) in [5.41, 5.74) is -0.656. The molecule has 1 aromatic carbocycles. The third-order valence-corrected chi connectivity index (χ3v) is 5.83. The summed E-state index contributed by atoms with van der Waals surface area (Å²) in [5, 5.41) is 20.6. The molecular formula is C24H28Cl2N2O4. The number of nitrogens with zero attached hydrogens (tertiary/aromatic N) is 2. The molecule has 2 aromatic rings. The molecule has 0 unspecified atom stereocenters. The molecular weight excluding hydrogens is 451 g/mol. The third kappa shape index (κ3) is 5.65. The summed E-state index contributed by atoms with van der Waals surface area (Å²) in [6.45, 7) is 6.18. The van der Waals surface area contributed by atoms with Crippen LogP contribution in [0.4, 0.5) is 0 Å². The number of ketones is 1. The number of rotatable bonds is 11. The summed E-state index contributed by atoms with van der Waals surface area (Å²) in [6, 6.07) is 4.70. The molecule has 6 nitrogen and oxygen atoms in total. The Morgan fingerprint density at radius 1 is 1.12 bits per heavy atom. The highest BCUT2D eigenvalue weighted by Crippen LogP contribution is 2.36. The average Bonchev–Trinajstić information content (AvgIpc) is 2.75. The first-order chi connectivity index (χ1) is 15.3. The number of pyridine rings is 1. The molecule has 2 rings (SSSR count). The number of aromatic hydroxyl groups is 1. The van der Waals surface area contributed by atoms with E-state index in [0.29, 0.717) is 18.8 Å². The van der Waals surface area contributed by atoms with E-state index in [1.807, 2.05) is 13.0 Å². The van der Waals surface area contributed by atoms with Crippen molar-refractivity contribution in [3.63, 3.8) is 0 Å². The highest BCUT2D eigenvalue weighted by Gasteiger charge is 2.26. The van der Waals surface area contributed by atoms with Crippen molar-refractivity contribution in [1.82, 2.24) is 4.57 Å². The number of aromatic nitrogens is 1. The van der Waals surface area contributed by atoms with E-state index in [0.717, 1.165) is 36.7 Å². The molecule has 0 bridgehead atoms. The van der Waals surface area contributed by atoms with Crippen molar-refractivity contribution < 1.29 is 14.6 Å². The monoisotopic (exact) mass is 478 g/mol. The molecule has 1 N–H and O–H groups in total. The van der Waals surface area contributed by atoms with E-state index < -0.39 is 17.2 Å². The van der Waals surface area contributed by atoms with E-state index in [2.05, 4.69) is 6.92 Å². The molecule has 0 aliphatic heterocycles. The standard InChI is InChI=1S/C24H28Cl2N2O4/c1-4-6-8-9-11-32-22-18(25)12-16(13-19(22)26)21(29)20-15(3)17(14-27)23(30)28(24(20)31)10-7-5-2/h12-13,31H,4-11H2,1-3H3. The van der Waals surface area contributed by atoms with Gasteiger partial charge in [0.05, 0.1) is 22.2 Å². The van der Waals surface area contributed by atoms with Crippen molar-refractivity contribution in [2.75, 3.05) is 6.61 Å². The summed E-state index contributed by atoms with van der Waals surface area (Å²) in [7, 11) is 0. The molecule has 1 aromatic heterocycles. The van der Waals surface area contributed by atoms with Crippen LogP contribution in [0.1, 0.15) is 79.4 Å². The van der Waals surface area contributed by atoms with Crippen molar-refractivity contribution >= 4 is 29.0 Å². The predicted octanol–water partition coefficient (Wildman–Crippen LogP) is 6.03. The molecule has 0 amide bonds. The zero-order valence-corrected chi connectivity index (χ0v) is 20.1. The van der Waals surface area contributed by atoms with Gasteiger partial charge in [-0.05, 0) is 37.5 Å². The highest BCUT2D eigenvalue weighted by molar-refractivity contribution is 6.38. The molecule has 0 aliphatic rings. The Hall–Kier alpha value is -2.49. The summed E-state index contributed by atoms with van der Waals surface area (Å²) < 4.78 is 6.77. The SMILES string of the molecule is CCCCCCOc1c(Cl)cc(C(=O)c2c(C)c(C#N)c(=O)n(CCCC)c2O)cc1Cl. The van der Waals surface area contributed by atoms with Gasteiger partial charge in [-0.2, -0.15) is 5.26 Å². The second-order valence-corrected chi connectivity index (χ2v) is 8.44. The van der Waals surface area contributed by atoms with Crippen molar-refractivity contribution in [2.45, 2.75) is 65.8 Å². The molecule has 0 aliphatic carbocycles. The molecule has 1 heterocycles. The van der Waals surface area contributed by atoms with Crippen LogP contribution in [0.2, 0.25) is 10.0 Å². The first-order valence-corrected chi connectivity index (χ1v) is 11.6. The zero-order chi connectivity index (χ0) is 23.8. The van der Waals surface area contributed by atoms with E-state index >= 15 is 0 Å². The number of carbonyl (C=O) groups excluding carboxylic acids is 1. The van der Waals surface area contributed by atoms with E-state index in [9.17, 15) is 20.0 Å². The van der Waals surface area contributed by atoms with E-state index in [1.165, 1.54) is 19.1 Å². The molecule has 32 heavy (non-hydrogen) atoms.